The van der Waals surface area contributed by atoms with Gasteiger partial charge in [-0.3, -0.25) is 0 Å². The Morgan fingerprint density at radius 2 is 1.58 bits per heavy atom. The second-order valence-electron chi connectivity index (χ2n) is 4.93. The molecule has 0 heterocycles. The lowest BCUT2D eigenvalue weighted by Crippen LogP contribution is -2.55. The van der Waals surface area contributed by atoms with Crippen LogP contribution in [0.15, 0.2) is 46.9 Å². The van der Waals surface area contributed by atoms with Crippen LogP contribution in [0.4, 0.5) is 0 Å². The van der Waals surface area contributed by atoms with Gasteiger partial charge >= 0.3 is 8.80 Å². The molecule has 0 saturated carbocycles. The third kappa shape index (κ3) is 3.99. The number of rotatable bonds is 8. The molecule has 0 bridgehead atoms. The number of hydrogen-bond donors (Lipinski definition) is 0. The second-order valence-corrected chi connectivity index (χ2v) is 8.66. The standard InChI is InChI=1S/C17H21BrO5Si/c1-19-14-8-5-7-13(11-14)12-23-17-15(18)9-6-10-16(17)24(20-2,21-3)22-4/h5-11H,12H2,1-4H3. The topological polar surface area (TPSA) is 46.2 Å². The molecule has 0 atom stereocenters. The van der Waals surface area contributed by atoms with E-state index in [9.17, 15) is 0 Å². The Balaban J connectivity index is 2.32. The van der Waals surface area contributed by atoms with Gasteiger partial charge in [-0.25, -0.2) is 0 Å². The molecule has 0 amide bonds. The molecule has 0 unspecified atom stereocenters. The monoisotopic (exact) mass is 412 g/mol. The van der Waals surface area contributed by atoms with Crippen LogP contribution in [0.25, 0.3) is 0 Å². The van der Waals surface area contributed by atoms with E-state index in [1.807, 2.05) is 42.5 Å². The SMILES string of the molecule is COc1cccc(COc2c(Br)cccc2[Si](OC)(OC)OC)c1. The summed E-state index contributed by atoms with van der Waals surface area (Å²) in [4.78, 5) is 0. The molecule has 2 rings (SSSR count). The highest BCUT2D eigenvalue weighted by Crippen LogP contribution is 2.27. The third-order valence-corrected chi connectivity index (χ3v) is 6.91. The molecule has 7 heteroatoms. The van der Waals surface area contributed by atoms with E-state index in [0.717, 1.165) is 21.0 Å². The van der Waals surface area contributed by atoms with Crippen molar-refractivity contribution in [2.75, 3.05) is 28.4 Å². The van der Waals surface area contributed by atoms with Gasteiger partial charge < -0.3 is 22.8 Å². The largest absolute Gasteiger partial charge is 0.540 e. The van der Waals surface area contributed by atoms with Gasteiger partial charge in [0.15, 0.2) is 0 Å². The van der Waals surface area contributed by atoms with Gasteiger partial charge in [-0.1, -0.05) is 24.3 Å². The minimum atomic E-state index is -3.01. The zero-order valence-electron chi connectivity index (χ0n) is 14.2. The number of hydrogen-bond acceptors (Lipinski definition) is 5. The van der Waals surface area contributed by atoms with Gasteiger partial charge in [0.1, 0.15) is 18.1 Å². The van der Waals surface area contributed by atoms with Crippen LogP contribution in [0.2, 0.25) is 0 Å². The molecular formula is C17H21BrO5Si. The van der Waals surface area contributed by atoms with Crippen molar-refractivity contribution in [1.29, 1.82) is 0 Å². The van der Waals surface area contributed by atoms with Gasteiger partial charge in [0.2, 0.25) is 0 Å². The molecule has 0 aliphatic heterocycles. The Kier molecular flexibility index (Phi) is 6.82. The van der Waals surface area contributed by atoms with Crippen LogP contribution < -0.4 is 14.7 Å². The average molecular weight is 413 g/mol. The minimum absolute atomic E-state index is 0.383. The van der Waals surface area contributed by atoms with Gasteiger partial charge in [0.05, 0.1) is 16.8 Å². The third-order valence-electron chi connectivity index (χ3n) is 3.62. The van der Waals surface area contributed by atoms with E-state index < -0.39 is 8.80 Å². The molecule has 0 aromatic heterocycles. The van der Waals surface area contributed by atoms with Crippen LogP contribution in [0.3, 0.4) is 0 Å². The molecule has 130 valence electrons. The number of methoxy groups -OCH3 is 1. The second kappa shape index (κ2) is 8.64. The summed E-state index contributed by atoms with van der Waals surface area (Å²) in [5.74, 6) is 1.44. The van der Waals surface area contributed by atoms with Crippen LogP contribution in [-0.2, 0) is 19.9 Å². The highest BCUT2D eigenvalue weighted by molar-refractivity contribution is 9.10. The molecule has 2 aromatic carbocycles. The summed E-state index contributed by atoms with van der Waals surface area (Å²) in [6, 6.07) is 13.4. The Labute approximate surface area is 151 Å². The first-order valence-electron chi connectivity index (χ1n) is 7.30. The van der Waals surface area contributed by atoms with E-state index in [0.29, 0.717) is 12.4 Å². The maximum absolute atomic E-state index is 6.06. The highest BCUT2D eigenvalue weighted by Gasteiger charge is 2.44. The summed E-state index contributed by atoms with van der Waals surface area (Å²) in [6.45, 7) is 0.383. The van der Waals surface area contributed by atoms with Gasteiger partial charge in [-0.05, 0) is 39.7 Å². The van der Waals surface area contributed by atoms with Crippen molar-refractivity contribution in [3.8, 4) is 11.5 Å². The van der Waals surface area contributed by atoms with Crippen molar-refractivity contribution in [2.24, 2.45) is 0 Å². The lowest BCUT2D eigenvalue weighted by molar-refractivity contribution is 0.139. The molecule has 0 N–H and O–H groups in total. The van der Waals surface area contributed by atoms with E-state index in [4.69, 9.17) is 22.8 Å². The van der Waals surface area contributed by atoms with Crippen molar-refractivity contribution in [2.45, 2.75) is 6.61 Å². The number of benzene rings is 2. The summed E-state index contributed by atoms with van der Waals surface area (Å²) in [7, 11) is 3.36. The quantitative estimate of drug-likeness (QED) is 0.623. The predicted octanol–water partition coefficient (Wildman–Crippen LogP) is 3.12. The average Bonchev–Trinajstić information content (AvgIpc) is 2.63. The summed E-state index contributed by atoms with van der Waals surface area (Å²) in [5, 5.41) is 0.771. The predicted molar refractivity (Wildman–Crippen MR) is 97.9 cm³/mol. The van der Waals surface area contributed by atoms with Crippen molar-refractivity contribution in [1.82, 2.24) is 0 Å². The van der Waals surface area contributed by atoms with Crippen molar-refractivity contribution < 1.29 is 22.8 Å². The van der Waals surface area contributed by atoms with Gasteiger partial charge in [0.25, 0.3) is 0 Å². The molecule has 2 aromatic rings. The normalized spacial score (nSPS) is 11.4. The van der Waals surface area contributed by atoms with Crippen molar-refractivity contribution >= 4 is 29.9 Å². The molecule has 0 fully saturated rings. The molecule has 0 aliphatic rings. The number of para-hydroxylation sites is 1. The van der Waals surface area contributed by atoms with E-state index in [1.54, 1.807) is 28.4 Å². The summed E-state index contributed by atoms with van der Waals surface area (Å²) in [5.41, 5.74) is 0.996. The highest BCUT2D eigenvalue weighted by atomic mass is 79.9. The molecule has 24 heavy (non-hydrogen) atoms. The van der Waals surface area contributed by atoms with Crippen LogP contribution in [0.5, 0.6) is 11.5 Å². The molecule has 5 nitrogen and oxygen atoms in total. The van der Waals surface area contributed by atoms with E-state index in [-0.39, 0.29) is 0 Å². The first-order chi connectivity index (χ1) is 11.6. The van der Waals surface area contributed by atoms with E-state index in [2.05, 4.69) is 15.9 Å². The Morgan fingerprint density at radius 1 is 0.917 bits per heavy atom. The Hall–Kier alpha value is -1.38. The molecule has 0 saturated heterocycles. The van der Waals surface area contributed by atoms with E-state index >= 15 is 0 Å². The summed E-state index contributed by atoms with van der Waals surface area (Å²) < 4.78 is 28.9. The van der Waals surface area contributed by atoms with Gasteiger partial charge in [-0.15, -0.1) is 0 Å². The van der Waals surface area contributed by atoms with E-state index in [1.165, 1.54) is 0 Å². The lowest BCUT2D eigenvalue weighted by Gasteiger charge is -2.27. The van der Waals surface area contributed by atoms with Crippen LogP contribution in [0, 0.1) is 0 Å². The smallest absolute Gasteiger partial charge is 0.497 e. The maximum Gasteiger partial charge on any atom is 0.540 e. The van der Waals surface area contributed by atoms with Gasteiger partial charge in [0, 0.05) is 21.3 Å². The number of ether oxygens (including phenoxy) is 2. The first-order valence-corrected chi connectivity index (χ1v) is 9.82. The molecule has 0 spiro atoms. The van der Waals surface area contributed by atoms with Crippen LogP contribution in [0.1, 0.15) is 5.56 Å². The summed E-state index contributed by atoms with van der Waals surface area (Å²) in [6.07, 6.45) is 0. The fourth-order valence-corrected chi connectivity index (χ4v) is 5.00. The maximum atomic E-state index is 6.06. The zero-order valence-corrected chi connectivity index (χ0v) is 16.8. The fraction of sp³-hybridized carbons (Fsp3) is 0.294. The summed E-state index contributed by atoms with van der Waals surface area (Å²) >= 11 is 3.53. The van der Waals surface area contributed by atoms with Crippen molar-refractivity contribution in [3.63, 3.8) is 0 Å². The zero-order chi connectivity index (χ0) is 17.6. The molecule has 0 radical (unpaired) electrons. The van der Waals surface area contributed by atoms with Crippen molar-refractivity contribution in [3.05, 3.63) is 52.5 Å². The Morgan fingerprint density at radius 3 is 2.21 bits per heavy atom. The minimum Gasteiger partial charge on any atom is -0.497 e. The van der Waals surface area contributed by atoms with Gasteiger partial charge in [-0.2, -0.15) is 0 Å². The molecule has 0 aliphatic carbocycles. The van der Waals surface area contributed by atoms with Crippen LogP contribution >= 0.6 is 15.9 Å². The van der Waals surface area contributed by atoms with Crippen LogP contribution in [-0.4, -0.2) is 37.2 Å². The number of halogens is 1. The Bertz CT molecular complexity index is 668. The first kappa shape index (κ1) is 18.9. The molecular weight excluding hydrogens is 392 g/mol. The fourth-order valence-electron chi connectivity index (χ4n) is 2.39. The lowest BCUT2D eigenvalue weighted by atomic mass is 10.2.